The van der Waals surface area contributed by atoms with Gasteiger partial charge in [-0.3, -0.25) is 0 Å². The zero-order chi connectivity index (χ0) is 13.7. The molecule has 0 unspecified atom stereocenters. The number of nitriles is 1. The van der Waals surface area contributed by atoms with Gasteiger partial charge in [0.15, 0.2) is 0 Å². The quantitative estimate of drug-likeness (QED) is 0.806. The molecule has 5 nitrogen and oxygen atoms in total. The monoisotopic (exact) mass is 258 g/mol. The number of hydrogen-bond acceptors (Lipinski definition) is 4. The predicted octanol–water partition coefficient (Wildman–Crippen LogP) is 2.31. The summed E-state index contributed by atoms with van der Waals surface area (Å²) in [7, 11) is 0. The van der Waals surface area contributed by atoms with Crippen molar-refractivity contribution in [2.75, 3.05) is 18.9 Å². The van der Waals surface area contributed by atoms with Crippen LogP contribution in [0.25, 0.3) is 11.0 Å². The minimum Gasteiger partial charge on any atom is -0.380 e. The molecule has 0 spiro atoms. The van der Waals surface area contributed by atoms with Crippen molar-refractivity contribution in [3.8, 4) is 6.07 Å². The average Bonchev–Trinajstić information content (AvgIpc) is 2.74. The topological polar surface area (TPSA) is 76.9 Å². The molecule has 0 atom stereocenters. The van der Waals surface area contributed by atoms with E-state index < -0.39 is 0 Å². The summed E-state index contributed by atoms with van der Waals surface area (Å²) >= 11 is 0. The van der Waals surface area contributed by atoms with Crippen LogP contribution in [0.5, 0.6) is 0 Å². The molecule has 0 saturated carbocycles. The highest BCUT2D eigenvalue weighted by molar-refractivity contribution is 5.83. The summed E-state index contributed by atoms with van der Waals surface area (Å²) in [6.45, 7) is 4.16. The minimum absolute atomic E-state index is 0.428. The molecule has 1 heterocycles. The third-order valence-electron chi connectivity index (χ3n) is 3.03. The normalized spacial score (nSPS) is 10.7. The zero-order valence-electron chi connectivity index (χ0n) is 11.1. The van der Waals surface area contributed by atoms with Gasteiger partial charge < -0.3 is 15.0 Å². The van der Waals surface area contributed by atoms with Crippen molar-refractivity contribution < 1.29 is 4.74 Å². The molecule has 0 radical (unpaired) electrons. The van der Waals surface area contributed by atoms with Gasteiger partial charge in [-0.1, -0.05) is 19.4 Å². The second-order valence-corrected chi connectivity index (χ2v) is 4.37. The van der Waals surface area contributed by atoms with E-state index in [1.54, 1.807) is 6.07 Å². The van der Waals surface area contributed by atoms with Gasteiger partial charge in [0.2, 0.25) is 5.95 Å². The first-order valence-electron chi connectivity index (χ1n) is 6.50. The van der Waals surface area contributed by atoms with E-state index in [1.807, 2.05) is 16.7 Å². The summed E-state index contributed by atoms with van der Waals surface area (Å²) in [5.74, 6) is 0.428. The summed E-state index contributed by atoms with van der Waals surface area (Å²) in [6.07, 6.45) is 2.19. The molecule has 2 rings (SSSR count). The van der Waals surface area contributed by atoms with Gasteiger partial charge in [-0.05, 0) is 18.6 Å². The number of nitrogens with two attached hydrogens (primary N) is 1. The van der Waals surface area contributed by atoms with Gasteiger partial charge in [0, 0.05) is 13.2 Å². The van der Waals surface area contributed by atoms with Crippen LogP contribution in [0.4, 0.5) is 5.95 Å². The van der Waals surface area contributed by atoms with Gasteiger partial charge in [0.05, 0.1) is 17.7 Å². The van der Waals surface area contributed by atoms with E-state index in [0.717, 1.165) is 25.0 Å². The average molecular weight is 258 g/mol. The molecule has 1 aromatic heterocycles. The summed E-state index contributed by atoms with van der Waals surface area (Å²) in [4.78, 5) is 4.26. The highest BCUT2D eigenvalue weighted by atomic mass is 16.5. The molecule has 0 fully saturated rings. The van der Waals surface area contributed by atoms with Crippen LogP contribution in [0, 0.1) is 11.3 Å². The summed E-state index contributed by atoms with van der Waals surface area (Å²) in [5.41, 5.74) is 8.00. The molecule has 0 aliphatic carbocycles. The van der Waals surface area contributed by atoms with Crippen LogP contribution >= 0.6 is 0 Å². The maximum atomic E-state index is 9.04. The fourth-order valence-corrected chi connectivity index (χ4v) is 1.99. The van der Waals surface area contributed by atoms with Gasteiger partial charge in [0.1, 0.15) is 11.6 Å². The molecule has 19 heavy (non-hydrogen) atoms. The fourth-order valence-electron chi connectivity index (χ4n) is 1.99. The van der Waals surface area contributed by atoms with E-state index in [4.69, 9.17) is 15.7 Å². The summed E-state index contributed by atoms with van der Waals surface area (Å²) < 4.78 is 7.43. The van der Waals surface area contributed by atoms with E-state index in [2.05, 4.69) is 18.0 Å². The molecule has 0 bridgehead atoms. The second kappa shape index (κ2) is 6.21. The Morgan fingerprint density at radius 1 is 1.42 bits per heavy atom. The third kappa shape index (κ3) is 2.85. The Hall–Kier alpha value is -2.06. The number of imidazole rings is 1. The van der Waals surface area contributed by atoms with Crippen molar-refractivity contribution in [1.82, 2.24) is 9.55 Å². The van der Waals surface area contributed by atoms with Crippen LogP contribution in [0.2, 0.25) is 0 Å². The Bertz CT molecular complexity index is 597. The maximum Gasteiger partial charge on any atom is 0.201 e. The maximum absolute atomic E-state index is 9.04. The lowest BCUT2D eigenvalue weighted by Crippen LogP contribution is -2.09. The lowest BCUT2D eigenvalue weighted by Gasteiger charge is -2.07. The van der Waals surface area contributed by atoms with Crippen molar-refractivity contribution in [2.24, 2.45) is 0 Å². The van der Waals surface area contributed by atoms with E-state index in [9.17, 15) is 0 Å². The van der Waals surface area contributed by atoms with Crippen LogP contribution < -0.4 is 5.73 Å². The van der Waals surface area contributed by atoms with Gasteiger partial charge >= 0.3 is 0 Å². The highest BCUT2D eigenvalue weighted by Gasteiger charge is 2.10. The van der Waals surface area contributed by atoms with Crippen molar-refractivity contribution in [3.05, 3.63) is 23.8 Å². The molecule has 0 aliphatic rings. The SMILES string of the molecule is CCCCOCCn1c(N)nc2c(C#N)cccc21. The number of unbranched alkanes of at least 4 members (excludes halogenated alkanes) is 1. The van der Waals surface area contributed by atoms with Gasteiger partial charge in [0.25, 0.3) is 0 Å². The van der Waals surface area contributed by atoms with Crippen LogP contribution in [0.3, 0.4) is 0 Å². The fraction of sp³-hybridized carbons (Fsp3) is 0.429. The number of benzene rings is 1. The molecule has 5 heteroatoms. The molecule has 0 aliphatic heterocycles. The van der Waals surface area contributed by atoms with Crippen LogP contribution in [0.15, 0.2) is 18.2 Å². The van der Waals surface area contributed by atoms with E-state index >= 15 is 0 Å². The molecule has 2 N–H and O–H groups in total. The number of aromatic nitrogens is 2. The molecule has 1 aromatic carbocycles. The number of nitrogen functional groups attached to an aromatic ring is 1. The molecule has 2 aromatic rings. The second-order valence-electron chi connectivity index (χ2n) is 4.37. The Morgan fingerprint density at radius 3 is 3.00 bits per heavy atom. The lowest BCUT2D eigenvalue weighted by molar-refractivity contribution is 0.124. The number of rotatable bonds is 6. The summed E-state index contributed by atoms with van der Waals surface area (Å²) in [6, 6.07) is 7.64. The molecular weight excluding hydrogens is 240 g/mol. The molecule has 100 valence electrons. The zero-order valence-corrected chi connectivity index (χ0v) is 11.1. The number of para-hydroxylation sites is 1. The Balaban J connectivity index is 2.15. The van der Waals surface area contributed by atoms with Crippen LogP contribution in [0.1, 0.15) is 25.3 Å². The standard InChI is InChI=1S/C14H18N4O/c1-2-3-8-19-9-7-18-12-6-4-5-11(10-15)13(12)17-14(18)16/h4-6H,2-3,7-9H2,1H3,(H2,16,17). The van der Waals surface area contributed by atoms with Crippen molar-refractivity contribution >= 4 is 17.0 Å². The lowest BCUT2D eigenvalue weighted by atomic mass is 10.2. The van der Waals surface area contributed by atoms with E-state index in [-0.39, 0.29) is 0 Å². The van der Waals surface area contributed by atoms with Gasteiger partial charge in [-0.2, -0.15) is 5.26 Å². The first kappa shape index (κ1) is 13.4. The first-order valence-corrected chi connectivity index (χ1v) is 6.50. The first-order chi connectivity index (χ1) is 9.27. The summed E-state index contributed by atoms with van der Waals surface area (Å²) in [5, 5.41) is 9.04. The Kier molecular flexibility index (Phi) is 4.37. The number of anilines is 1. The third-order valence-corrected chi connectivity index (χ3v) is 3.03. The van der Waals surface area contributed by atoms with Crippen LogP contribution in [-0.2, 0) is 11.3 Å². The molecule has 0 saturated heterocycles. The van der Waals surface area contributed by atoms with Gasteiger partial charge in [-0.25, -0.2) is 4.98 Å². The molecule has 0 amide bonds. The number of nitrogens with zero attached hydrogens (tertiary/aromatic N) is 3. The number of ether oxygens (including phenoxy) is 1. The highest BCUT2D eigenvalue weighted by Crippen LogP contribution is 2.20. The van der Waals surface area contributed by atoms with Gasteiger partial charge in [-0.15, -0.1) is 0 Å². The Labute approximate surface area is 112 Å². The van der Waals surface area contributed by atoms with E-state index in [0.29, 0.717) is 30.2 Å². The van der Waals surface area contributed by atoms with Crippen molar-refractivity contribution in [1.29, 1.82) is 5.26 Å². The van der Waals surface area contributed by atoms with E-state index in [1.165, 1.54) is 0 Å². The van der Waals surface area contributed by atoms with Crippen molar-refractivity contribution in [2.45, 2.75) is 26.3 Å². The molecular formula is C14H18N4O. The number of hydrogen-bond donors (Lipinski definition) is 1. The van der Waals surface area contributed by atoms with Crippen molar-refractivity contribution in [3.63, 3.8) is 0 Å². The number of fused-ring (bicyclic) bond motifs is 1. The van der Waals surface area contributed by atoms with Crippen LogP contribution in [-0.4, -0.2) is 22.8 Å². The predicted molar refractivity (Wildman–Crippen MR) is 74.6 cm³/mol. The smallest absolute Gasteiger partial charge is 0.201 e. The Morgan fingerprint density at radius 2 is 2.26 bits per heavy atom. The minimum atomic E-state index is 0.428. The largest absolute Gasteiger partial charge is 0.380 e.